The third-order valence-electron chi connectivity index (χ3n) is 5.85. The van der Waals surface area contributed by atoms with Crippen LogP contribution in [-0.2, 0) is 18.4 Å². The maximum atomic E-state index is 12.8. The Labute approximate surface area is 146 Å². The summed E-state index contributed by atoms with van der Waals surface area (Å²) in [5, 5.41) is 4.58. The standard InChI is InChI=1S/C18H25N5O2/c1-21-17-14(11-20-21)18(25)22(12-19-17)10-8-16(24)23-9-4-6-13-5-2-3-7-15(13)23/h11-13,15H,2-10H2,1H3/t13-,15+/m1/s1. The minimum absolute atomic E-state index is 0.125. The lowest BCUT2D eigenvalue weighted by atomic mass is 9.78. The monoisotopic (exact) mass is 343 g/mol. The van der Waals surface area contributed by atoms with Crippen molar-refractivity contribution in [1.82, 2.24) is 24.2 Å². The Morgan fingerprint density at radius 3 is 2.92 bits per heavy atom. The molecule has 1 saturated carbocycles. The molecule has 0 N–H and O–H groups in total. The highest BCUT2D eigenvalue weighted by atomic mass is 16.2. The molecule has 0 aromatic carbocycles. The zero-order valence-electron chi connectivity index (χ0n) is 14.7. The van der Waals surface area contributed by atoms with Gasteiger partial charge in [-0.1, -0.05) is 12.8 Å². The van der Waals surface area contributed by atoms with E-state index in [0.29, 0.717) is 36.0 Å². The smallest absolute Gasteiger partial charge is 0.264 e. The number of piperidine rings is 1. The molecule has 7 heteroatoms. The molecule has 4 rings (SSSR count). The number of nitrogens with zero attached hydrogens (tertiary/aromatic N) is 5. The number of carbonyl (C=O) groups excluding carboxylic acids is 1. The molecule has 2 aliphatic rings. The van der Waals surface area contributed by atoms with Gasteiger partial charge in [0, 0.05) is 32.6 Å². The molecule has 0 bridgehead atoms. The average Bonchev–Trinajstić information content (AvgIpc) is 3.02. The Balaban J connectivity index is 1.46. The summed E-state index contributed by atoms with van der Waals surface area (Å²) in [6, 6.07) is 0.422. The first-order valence-corrected chi connectivity index (χ1v) is 9.32. The average molecular weight is 343 g/mol. The van der Waals surface area contributed by atoms with Crippen LogP contribution in [0.25, 0.3) is 11.0 Å². The van der Waals surface area contributed by atoms with Gasteiger partial charge in [-0.25, -0.2) is 4.98 Å². The zero-order valence-corrected chi connectivity index (χ0v) is 14.7. The third kappa shape index (κ3) is 2.96. The SMILES string of the molecule is Cn1ncc2c(=O)n(CCC(=O)N3CCC[C@H]4CCCC[C@@H]43)cnc21. The number of aromatic nitrogens is 4. The van der Waals surface area contributed by atoms with Gasteiger partial charge in [-0.2, -0.15) is 5.10 Å². The van der Waals surface area contributed by atoms with Crippen LogP contribution in [-0.4, -0.2) is 42.7 Å². The molecule has 1 saturated heterocycles. The quantitative estimate of drug-likeness (QED) is 0.850. The molecule has 1 aliphatic carbocycles. The van der Waals surface area contributed by atoms with Gasteiger partial charge >= 0.3 is 0 Å². The summed E-state index contributed by atoms with van der Waals surface area (Å²) < 4.78 is 3.12. The Kier molecular flexibility index (Phi) is 4.31. The number of fused-ring (bicyclic) bond motifs is 2. The second kappa shape index (κ2) is 6.61. The summed E-state index contributed by atoms with van der Waals surface area (Å²) in [6.45, 7) is 1.25. The number of likely N-dealkylation sites (tertiary alicyclic amines) is 1. The highest BCUT2D eigenvalue weighted by Crippen LogP contribution is 2.35. The first-order valence-electron chi connectivity index (χ1n) is 9.32. The van der Waals surface area contributed by atoms with Gasteiger partial charge in [0.15, 0.2) is 5.65 Å². The van der Waals surface area contributed by atoms with Crippen LogP contribution in [0, 0.1) is 5.92 Å². The van der Waals surface area contributed by atoms with Crippen LogP contribution in [0.5, 0.6) is 0 Å². The van der Waals surface area contributed by atoms with E-state index in [9.17, 15) is 9.59 Å². The topological polar surface area (TPSA) is 73.0 Å². The largest absolute Gasteiger partial charge is 0.339 e. The molecule has 2 fully saturated rings. The molecular weight excluding hydrogens is 318 g/mol. The normalized spacial score (nSPS) is 23.6. The van der Waals surface area contributed by atoms with Crippen LogP contribution in [0.15, 0.2) is 17.3 Å². The van der Waals surface area contributed by atoms with E-state index in [4.69, 9.17) is 0 Å². The molecule has 1 aliphatic heterocycles. The molecule has 7 nitrogen and oxygen atoms in total. The molecule has 2 aromatic heterocycles. The molecule has 25 heavy (non-hydrogen) atoms. The van der Waals surface area contributed by atoms with Crippen LogP contribution in [0.1, 0.15) is 44.9 Å². The number of hydrogen-bond acceptors (Lipinski definition) is 4. The van der Waals surface area contributed by atoms with Gasteiger partial charge in [-0.15, -0.1) is 0 Å². The van der Waals surface area contributed by atoms with E-state index in [-0.39, 0.29) is 11.5 Å². The number of carbonyl (C=O) groups is 1. The molecule has 2 atom stereocenters. The third-order valence-corrected chi connectivity index (χ3v) is 5.85. The van der Waals surface area contributed by atoms with Crippen molar-refractivity contribution in [2.24, 2.45) is 13.0 Å². The maximum absolute atomic E-state index is 12.8. The van der Waals surface area contributed by atoms with Gasteiger partial charge in [0.25, 0.3) is 5.56 Å². The molecule has 2 aromatic rings. The highest BCUT2D eigenvalue weighted by Gasteiger charge is 2.35. The number of aryl methyl sites for hydroxylation is 2. The van der Waals surface area contributed by atoms with E-state index in [0.717, 1.165) is 19.4 Å². The fourth-order valence-electron chi connectivity index (χ4n) is 4.52. The van der Waals surface area contributed by atoms with Crippen molar-refractivity contribution in [2.45, 2.75) is 57.5 Å². The van der Waals surface area contributed by atoms with Crippen LogP contribution < -0.4 is 5.56 Å². The summed E-state index contributed by atoms with van der Waals surface area (Å²) >= 11 is 0. The van der Waals surface area contributed by atoms with Gasteiger partial charge < -0.3 is 4.90 Å². The van der Waals surface area contributed by atoms with Crippen LogP contribution >= 0.6 is 0 Å². The number of amides is 1. The van der Waals surface area contributed by atoms with Crippen LogP contribution in [0.4, 0.5) is 0 Å². The fourth-order valence-corrected chi connectivity index (χ4v) is 4.52. The zero-order chi connectivity index (χ0) is 17.4. The molecule has 3 heterocycles. The predicted molar refractivity (Wildman–Crippen MR) is 94.1 cm³/mol. The van der Waals surface area contributed by atoms with Crippen molar-refractivity contribution in [1.29, 1.82) is 0 Å². The summed E-state index contributed by atoms with van der Waals surface area (Å²) in [6.07, 6.45) is 10.7. The van der Waals surface area contributed by atoms with Gasteiger partial charge in [0.05, 0.1) is 12.5 Å². The maximum Gasteiger partial charge on any atom is 0.264 e. The molecule has 0 spiro atoms. The van der Waals surface area contributed by atoms with E-state index in [1.165, 1.54) is 36.6 Å². The molecule has 0 unspecified atom stereocenters. The Hall–Kier alpha value is -2.18. The molecule has 1 amide bonds. The minimum atomic E-state index is -0.125. The number of hydrogen-bond donors (Lipinski definition) is 0. The molecule has 134 valence electrons. The van der Waals surface area contributed by atoms with Gasteiger partial charge in [-0.3, -0.25) is 18.8 Å². The van der Waals surface area contributed by atoms with Crippen molar-refractivity contribution in [3.05, 3.63) is 22.9 Å². The lowest BCUT2D eigenvalue weighted by Gasteiger charge is -2.44. The van der Waals surface area contributed by atoms with Crippen molar-refractivity contribution < 1.29 is 4.79 Å². The van der Waals surface area contributed by atoms with Crippen LogP contribution in [0.2, 0.25) is 0 Å². The second-order valence-electron chi connectivity index (χ2n) is 7.34. The first-order chi connectivity index (χ1) is 12.1. The molecular formula is C18H25N5O2. The van der Waals surface area contributed by atoms with E-state index in [1.54, 1.807) is 17.9 Å². The lowest BCUT2D eigenvalue weighted by molar-refractivity contribution is -0.137. The summed E-state index contributed by atoms with van der Waals surface area (Å²) in [4.78, 5) is 31.7. The van der Waals surface area contributed by atoms with E-state index < -0.39 is 0 Å². The van der Waals surface area contributed by atoms with Gasteiger partial charge in [0.1, 0.15) is 5.39 Å². The lowest BCUT2D eigenvalue weighted by Crippen LogP contribution is -2.49. The first kappa shape index (κ1) is 16.3. The van der Waals surface area contributed by atoms with Gasteiger partial charge in [0.2, 0.25) is 5.91 Å². The second-order valence-corrected chi connectivity index (χ2v) is 7.34. The van der Waals surface area contributed by atoms with Crippen molar-refractivity contribution in [3.63, 3.8) is 0 Å². The Morgan fingerprint density at radius 1 is 1.24 bits per heavy atom. The van der Waals surface area contributed by atoms with Gasteiger partial charge in [-0.05, 0) is 31.6 Å². The Bertz CT molecular complexity index is 838. The predicted octanol–water partition coefficient (Wildman–Crippen LogP) is 1.70. The minimum Gasteiger partial charge on any atom is -0.339 e. The van der Waals surface area contributed by atoms with Crippen molar-refractivity contribution in [2.75, 3.05) is 6.54 Å². The number of rotatable bonds is 3. The van der Waals surface area contributed by atoms with E-state index in [1.807, 2.05) is 0 Å². The van der Waals surface area contributed by atoms with Crippen molar-refractivity contribution >= 4 is 16.9 Å². The highest BCUT2D eigenvalue weighted by molar-refractivity contribution is 5.77. The summed E-state index contributed by atoms with van der Waals surface area (Å²) in [7, 11) is 1.76. The van der Waals surface area contributed by atoms with E-state index in [2.05, 4.69) is 15.0 Å². The van der Waals surface area contributed by atoms with Crippen LogP contribution in [0.3, 0.4) is 0 Å². The summed E-state index contributed by atoms with van der Waals surface area (Å²) in [5.74, 6) is 0.859. The van der Waals surface area contributed by atoms with E-state index >= 15 is 0 Å². The Morgan fingerprint density at radius 2 is 2.04 bits per heavy atom. The molecule has 0 radical (unpaired) electrons. The summed E-state index contributed by atoms with van der Waals surface area (Å²) in [5.41, 5.74) is 0.453. The van der Waals surface area contributed by atoms with Crippen molar-refractivity contribution in [3.8, 4) is 0 Å². The fraction of sp³-hybridized carbons (Fsp3) is 0.667.